The number of esters is 1. The minimum absolute atomic E-state index is 0.181. The maximum Gasteiger partial charge on any atom is 0.305 e. The van der Waals surface area contributed by atoms with Crippen LogP contribution in [0.25, 0.3) is 0 Å². The van der Waals surface area contributed by atoms with Crippen molar-refractivity contribution in [3.8, 4) is 0 Å². The van der Waals surface area contributed by atoms with Gasteiger partial charge < -0.3 is 10.1 Å². The van der Waals surface area contributed by atoms with Crippen molar-refractivity contribution in [2.45, 2.75) is 55.9 Å². The number of benzene rings is 1. The van der Waals surface area contributed by atoms with Gasteiger partial charge in [0.1, 0.15) is 6.04 Å². The summed E-state index contributed by atoms with van der Waals surface area (Å²) in [5, 5.41) is 2.77. The Labute approximate surface area is 161 Å². The van der Waals surface area contributed by atoms with E-state index in [1.165, 1.54) is 18.5 Å². The van der Waals surface area contributed by atoms with Crippen molar-refractivity contribution in [3.63, 3.8) is 0 Å². The van der Waals surface area contributed by atoms with E-state index >= 15 is 0 Å². The summed E-state index contributed by atoms with van der Waals surface area (Å²) in [6.07, 6.45) is 4.90. The first-order valence-electron chi connectivity index (χ1n) is 9.28. The zero-order valence-electron chi connectivity index (χ0n) is 15.9. The van der Waals surface area contributed by atoms with E-state index in [0.29, 0.717) is 19.4 Å². The van der Waals surface area contributed by atoms with Crippen molar-refractivity contribution in [2.24, 2.45) is 0 Å². The lowest BCUT2D eigenvalue weighted by Crippen LogP contribution is -2.46. The Morgan fingerprint density at radius 3 is 2.59 bits per heavy atom. The van der Waals surface area contributed by atoms with Crippen LogP contribution in [-0.2, 0) is 30.8 Å². The number of sulfonamides is 1. The molecular weight excluding hydrogens is 368 g/mol. The molecule has 0 aliphatic carbocycles. The smallest absolute Gasteiger partial charge is 0.305 e. The normalized spacial score (nSPS) is 18.0. The largest absolute Gasteiger partial charge is 0.469 e. The topological polar surface area (TPSA) is 92.8 Å². The first-order chi connectivity index (χ1) is 12.9. The number of methoxy groups -OCH3 is 1. The van der Waals surface area contributed by atoms with Gasteiger partial charge in [-0.1, -0.05) is 12.1 Å². The number of carbonyl (C=O) groups is 2. The molecule has 0 aromatic heterocycles. The van der Waals surface area contributed by atoms with Crippen molar-refractivity contribution >= 4 is 21.9 Å². The molecule has 1 unspecified atom stereocenters. The number of rotatable bonds is 8. The molecule has 1 aliphatic rings. The number of hydrogen-bond acceptors (Lipinski definition) is 5. The number of likely N-dealkylation sites (N-methyl/N-ethyl adjacent to an activating group) is 1. The summed E-state index contributed by atoms with van der Waals surface area (Å²) < 4.78 is 31.5. The third-order valence-corrected chi connectivity index (χ3v) is 6.75. The minimum atomic E-state index is -3.73. The highest BCUT2D eigenvalue weighted by Gasteiger charge is 2.33. The fraction of sp³-hybridized carbons (Fsp3) is 0.579. The van der Waals surface area contributed by atoms with Crippen LogP contribution in [0.1, 0.15) is 44.1 Å². The van der Waals surface area contributed by atoms with E-state index in [9.17, 15) is 18.0 Å². The van der Waals surface area contributed by atoms with Gasteiger partial charge in [0.15, 0.2) is 0 Å². The Bertz CT molecular complexity index is 746. The van der Waals surface area contributed by atoms with Crippen molar-refractivity contribution in [1.82, 2.24) is 9.62 Å². The molecule has 1 saturated heterocycles. The number of unbranched alkanes of at least 4 members (excludes halogenated alkanes) is 1. The summed E-state index contributed by atoms with van der Waals surface area (Å²) in [5.74, 6) is -0.456. The first kappa shape index (κ1) is 21.4. The summed E-state index contributed by atoms with van der Waals surface area (Å²) >= 11 is 0. The molecule has 7 nitrogen and oxygen atoms in total. The van der Waals surface area contributed by atoms with Crippen LogP contribution in [0.2, 0.25) is 0 Å². The molecule has 0 spiro atoms. The zero-order valence-corrected chi connectivity index (χ0v) is 16.8. The Kier molecular flexibility index (Phi) is 7.79. The van der Waals surface area contributed by atoms with E-state index < -0.39 is 16.1 Å². The molecular formula is C19H28N2O5S. The number of ether oxygens (including phenoxy) is 1. The number of carbonyl (C=O) groups excluding carboxylic acids is 2. The van der Waals surface area contributed by atoms with Crippen LogP contribution >= 0.6 is 0 Å². The molecule has 1 heterocycles. The van der Waals surface area contributed by atoms with E-state index in [1.54, 1.807) is 24.3 Å². The van der Waals surface area contributed by atoms with Gasteiger partial charge in [-0.05, 0) is 56.2 Å². The van der Waals surface area contributed by atoms with Gasteiger partial charge in [-0.3, -0.25) is 9.59 Å². The number of nitrogens with one attached hydrogen (secondary N) is 1. The summed E-state index contributed by atoms with van der Waals surface area (Å²) in [6.45, 7) is 0.591. The molecule has 1 fully saturated rings. The molecule has 27 heavy (non-hydrogen) atoms. The molecule has 150 valence electrons. The second-order valence-electron chi connectivity index (χ2n) is 6.75. The Morgan fingerprint density at radius 1 is 1.22 bits per heavy atom. The third-order valence-electron chi connectivity index (χ3n) is 4.87. The number of nitrogens with zero attached hydrogens (tertiary/aromatic N) is 1. The fourth-order valence-corrected chi connectivity index (χ4v) is 4.48. The second kappa shape index (κ2) is 9.85. The summed E-state index contributed by atoms with van der Waals surface area (Å²) in [4.78, 5) is 23.4. The fourth-order valence-electron chi connectivity index (χ4n) is 3.13. The molecule has 1 amide bonds. The first-order valence-corrected chi connectivity index (χ1v) is 10.7. The lowest BCUT2D eigenvalue weighted by Gasteiger charge is -2.25. The van der Waals surface area contributed by atoms with Gasteiger partial charge in [-0.25, -0.2) is 8.42 Å². The minimum Gasteiger partial charge on any atom is -0.469 e. The van der Waals surface area contributed by atoms with Crippen LogP contribution in [0.5, 0.6) is 0 Å². The van der Waals surface area contributed by atoms with E-state index in [-0.39, 0.29) is 16.8 Å². The van der Waals surface area contributed by atoms with Crippen LogP contribution in [0.15, 0.2) is 29.2 Å². The SMILES string of the molecule is COC(=O)CCCCc1ccc(S(=O)(=O)N(C)C2CCCCNC2=O)cc1. The van der Waals surface area contributed by atoms with Crippen LogP contribution in [0, 0.1) is 0 Å². The average molecular weight is 397 g/mol. The molecule has 0 bridgehead atoms. The molecule has 0 radical (unpaired) electrons. The highest BCUT2D eigenvalue weighted by Crippen LogP contribution is 2.21. The molecule has 1 aliphatic heterocycles. The molecule has 1 aromatic rings. The molecule has 1 atom stereocenters. The van der Waals surface area contributed by atoms with Gasteiger partial charge in [-0.2, -0.15) is 4.31 Å². The lowest BCUT2D eigenvalue weighted by atomic mass is 10.1. The highest BCUT2D eigenvalue weighted by atomic mass is 32.2. The second-order valence-corrected chi connectivity index (χ2v) is 8.75. The summed E-state index contributed by atoms with van der Waals surface area (Å²) in [7, 11) is -0.897. The Morgan fingerprint density at radius 2 is 1.93 bits per heavy atom. The molecule has 1 N–H and O–H groups in total. The highest BCUT2D eigenvalue weighted by molar-refractivity contribution is 7.89. The van der Waals surface area contributed by atoms with Crippen molar-refractivity contribution in [2.75, 3.05) is 20.7 Å². The summed E-state index contributed by atoms with van der Waals surface area (Å²) in [6, 6.07) is 6.06. The van der Waals surface area contributed by atoms with E-state index in [4.69, 9.17) is 0 Å². The van der Waals surface area contributed by atoms with E-state index in [0.717, 1.165) is 37.7 Å². The zero-order chi connectivity index (χ0) is 19.9. The van der Waals surface area contributed by atoms with Crippen LogP contribution < -0.4 is 5.32 Å². The van der Waals surface area contributed by atoms with Gasteiger partial charge in [0.2, 0.25) is 15.9 Å². The van der Waals surface area contributed by atoms with Crippen molar-refractivity contribution < 1.29 is 22.7 Å². The predicted octanol–water partition coefficient (Wildman–Crippen LogP) is 1.86. The standard InChI is InChI=1S/C19H28N2O5S/c1-21(17-8-5-6-14-20-19(17)23)27(24,25)16-12-10-15(11-13-16)7-3-4-9-18(22)26-2/h10-13,17H,3-9,14H2,1-2H3,(H,20,23). The number of amides is 1. The number of hydrogen-bond donors (Lipinski definition) is 1. The summed E-state index contributed by atoms with van der Waals surface area (Å²) in [5.41, 5.74) is 1.01. The molecule has 1 aromatic carbocycles. The van der Waals surface area contributed by atoms with Crippen LogP contribution in [0.4, 0.5) is 0 Å². The Balaban J connectivity index is 1.99. The maximum absolute atomic E-state index is 12.9. The van der Waals surface area contributed by atoms with E-state index in [2.05, 4.69) is 10.1 Å². The molecule has 2 rings (SSSR count). The quantitative estimate of drug-likeness (QED) is 0.535. The van der Waals surface area contributed by atoms with Crippen molar-refractivity contribution in [3.05, 3.63) is 29.8 Å². The van der Waals surface area contributed by atoms with Gasteiger partial charge in [0.25, 0.3) is 0 Å². The van der Waals surface area contributed by atoms with Crippen LogP contribution in [0.3, 0.4) is 0 Å². The monoisotopic (exact) mass is 396 g/mol. The molecule has 8 heteroatoms. The third kappa shape index (κ3) is 5.77. The van der Waals surface area contributed by atoms with Gasteiger partial charge in [0.05, 0.1) is 12.0 Å². The van der Waals surface area contributed by atoms with Crippen LogP contribution in [-0.4, -0.2) is 51.3 Å². The lowest BCUT2D eigenvalue weighted by molar-refractivity contribution is -0.140. The number of aryl methyl sites for hydroxylation is 1. The van der Waals surface area contributed by atoms with Crippen molar-refractivity contribution in [1.29, 1.82) is 0 Å². The van der Waals surface area contributed by atoms with Gasteiger partial charge in [0, 0.05) is 20.0 Å². The maximum atomic E-state index is 12.9. The van der Waals surface area contributed by atoms with Gasteiger partial charge in [-0.15, -0.1) is 0 Å². The van der Waals surface area contributed by atoms with Gasteiger partial charge >= 0.3 is 5.97 Å². The Hall–Kier alpha value is -1.93. The average Bonchev–Trinajstić information content (AvgIpc) is 2.89. The predicted molar refractivity (Wildman–Crippen MR) is 102 cm³/mol. The molecule has 0 saturated carbocycles. The van der Waals surface area contributed by atoms with E-state index in [1.807, 2.05) is 0 Å².